The van der Waals surface area contributed by atoms with Crippen molar-refractivity contribution >= 4 is 17.9 Å². The van der Waals surface area contributed by atoms with E-state index in [-0.39, 0.29) is 5.97 Å². The number of rotatable bonds is 8. The fraction of sp³-hybridized carbons (Fsp3) is 0.333. The highest BCUT2D eigenvalue weighted by Gasteiger charge is 2.09. The number of carbonyl (C=O) groups is 1. The summed E-state index contributed by atoms with van der Waals surface area (Å²) >= 11 is 0. The van der Waals surface area contributed by atoms with Crippen LogP contribution in [0.25, 0.3) is 0 Å². The number of unbranched alkanes of at least 4 members (excludes halogenated alkanes) is 1. The minimum Gasteiger partial charge on any atom is -0.462 e. The molecular formula is C21H25NO2. The van der Waals surface area contributed by atoms with Gasteiger partial charge in [-0.05, 0) is 61.6 Å². The second-order valence-corrected chi connectivity index (χ2v) is 5.82. The van der Waals surface area contributed by atoms with Crippen molar-refractivity contribution in [1.82, 2.24) is 0 Å². The SMILES string of the molecule is CCCc1cc(C(=O)OCCCC=Nc2ccccc2)ccc1C. The van der Waals surface area contributed by atoms with E-state index < -0.39 is 0 Å². The number of aryl methyl sites for hydroxylation is 2. The second-order valence-electron chi connectivity index (χ2n) is 5.82. The number of para-hydroxylation sites is 1. The zero-order chi connectivity index (χ0) is 17.2. The van der Waals surface area contributed by atoms with Crippen molar-refractivity contribution in [2.75, 3.05) is 6.61 Å². The lowest BCUT2D eigenvalue weighted by Crippen LogP contribution is -2.07. The lowest BCUT2D eigenvalue weighted by molar-refractivity contribution is 0.0502. The number of hydrogen-bond donors (Lipinski definition) is 0. The number of esters is 1. The average molecular weight is 323 g/mol. The first kappa shape index (κ1) is 17.9. The first-order valence-electron chi connectivity index (χ1n) is 8.55. The molecule has 0 N–H and O–H groups in total. The Hall–Kier alpha value is -2.42. The summed E-state index contributed by atoms with van der Waals surface area (Å²) in [7, 11) is 0. The van der Waals surface area contributed by atoms with Gasteiger partial charge >= 0.3 is 5.97 Å². The number of carbonyl (C=O) groups excluding carboxylic acids is 1. The molecule has 0 saturated heterocycles. The fourth-order valence-corrected chi connectivity index (χ4v) is 2.44. The van der Waals surface area contributed by atoms with Crippen molar-refractivity contribution in [3.63, 3.8) is 0 Å². The molecule has 0 bridgehead atoms. The van der Waals surface area contributed by atoms with Gasteiger partial charge in [0.05, 0.1) is 17.9 Å². The van der Waals surface area contributed by atoms with E-state index in [0.717, 1.165) is 31.4 Å². The summed E-state index contributed by atoms with van der Waals surface area (Å²) in [5.74, 6) is -0.243. The molecule has 0 heterocycles. The maximum atomic E-state index is 12.1. The molecule has 0 radical (unpaired) electrons. The Morgan fingerprint density at radius 3 is 2.71 bits per heavy atom. The zero-order valence-electron chi connectivity index (χ0n) is 14.5. The van der Waals surface area contributed by atoms with E-state index in [9.17, 15) is 4.79 Å². The normalized spacial score (nSPS) is 10.9. The number of aliphatic imine (C=N–C) groups is 1. The highest BCUT2D eigenvalue weighted by Crippen LogP contribution is 2.14. The van der Waals surface area contributed by atoms with Gasteiger partial charge in [-0.15, -0.1) is 0 Å². The summed E-state index contributed by atoms with van der Waals surface area (Å²) in [6.45, 7) is 4.63. The maximum Gasteiger partial charge on any atom is 0.338 e. The van der Waals surface area contributed by atoms with Gasteiger partial charge in [0.1, 0.15) is 0 Å². The van der Waals surface area contributed by atoms with Crippen molar-refractivity contribution in [2.24, 2.45) is 4.99 Å². The fourth-order valence-electron chi connectivity index (χ4n) is 2.44. The van der Waals surface area contributed by atoms with Crippen LogP contribution in [0.2, 0.25) is 0 Å². The number of benzene rings is 2. The Morgan fingerprint density at radius 1 is 1.17 bits per heavy atom. The van der Waals surface area contributed by atoms with Crippen LogP contribution in [0.1, 0.15) is 47.7 Å². The molecule has 0 aromatic heterocycles. The van der Waals surface area contributed by atoms with Crippen molar-refractivity contribution in [3.8, 4) is 0 Å². The third-order valence-corrected chi connectivity index (χ3v) is 3.81. The van der Waals surface area contributed by atoms with Crippen LogP contribution in [-0.2, 0) is 11.2 Å². The molecule has 24 heavy (non-hydrogen) atoms. The molecule has 2 aromatic carbocycles. The predicted molar refractivity (Wildman–Crippen MR) is 99.3 cm³/mol. The van der Waals surface area contributed by atoms with E-state index in [2.05, 4.69) is 18.8 Å². The monoisotopic (exact) mass is 323 g/mol. The first-order valence-corrected chi connectivity index (χ1v) is 8.55. The molecular weight excluding hydrogens is 298 g/mol. The largest absolute Gasteiger partial charge is 0.462 e. The van der Waals surface area contributed by atoms with Gasteiger partial charge in [0.2, 0.25) is 0 Å². The Morgan fingerprint density at radius 2 is 1.96 bits per heavy atom. The first-order chi connectivity index (χ1) is 11.7. The maximum absolute atomic E-state index is 12.1. The molecule has 0 amide bonds. The van der Waals surface area contributed by atoms with E-state index in [4.69, 9.17) is 4.74 Å². The van der Waals surface area contributed by atoms with Crippen LogP contribution in [0.15, 0.2) is 53.5 Å². The lowest BCUT2D eigenvalue weighted by Gasteiger charge is -2.08. The summed E-state index contributed by atoms with van der Waals surface area (Å²) in [5.41, 5.74) is 4.03. The van der Waals surface area contributed by atoms with E-state index in [1.165, 1.54) is 11.1 Å². The minimum atomic E-state index is -0.243. The van der Waals surface area contributed by atoms with E-state index in [1.54, 1.807) is 0 Å². The van der Waals surface area contributed by atoms with Crippen LogP contribution >= 0.6 is 0 Å². The average Bonchev–Trinajstić information content (AvgIpc) is 2.60. The third-order valence-electron chi connectivity index (χ3n) is 3.81. The van der Waals surface area contributed by atoms with Crippen molar-refractivity contribution < 1.29 is 9.53 Å². The standard InChI is InChI=1S/C21H25NO2/c1-3-9-18-16-19(13-12-17(18)2)21(23)24-15-8-7-14-22-20-10-5-4-6-11-20/h4-6,10-14,16H,3,7-9,15H2,1-2H3. The molecule has 2 aromatic rings. The summed E-state index contributed by atoms with van der Waals surface area (Å²) in [4.78, 5) is 16.5. The molecule has 0 fully saturated rings. The molecule has 0 unspecified atom stereocenters. The molecule has 0 saturated carbocycles. The van der Waals surface area contributed by atoms with E-state index >= 15 is 0 Å². The smallest absolute Gasteiger partial charge is 0.338 e. The van der Waals surface area contributed by atoms with Crippen LogP contribution in [-0.4, -0.2) is 18.8 Å². The van der Waals surface area contributed by atoms with Gasteiger partial charge < -0.3 is 4.74 Å². The molecule has 126 valence electrons. The molecule has 0 spiro atoms. The zero-order valence-corrected chi connectivity index (χ0v) is 14.5. The molecule has 2 rings (SSSR count). The number of hydrogen-bond acceptors (Lipinski definition) is 3. The number of ether oxygens (including phenoxy) is 1. The van der Waals surface area contributed by atoms with Gasteiger partial charge in [-0.25, -0.2) is 4.79 Å². The van der Waals surface area contributed by atoms with Gasteiger partial charge in [0.15, 0.2) is 0 Å². The van der Waals surface area contributed by atoms with Crippen molar-refractivity contribution in [1.29, 1.82) is 0 Å². The predicted octanol–water partition coefficient (Wildman–Crippen LogP) is 5.29. The second kappa shape index (κ2) is 9.66. The minimum absolute atomic E-state index is 0.243. The highest BCUT2D eigenvalue weighted by molar-refractivity contribution is 5.89. The van der Waals surface area contributed by atoms with E-state index in [1.807, 2.05) is 54.7 Å². The summed E-state index contributed by atoms with van der Waals surface area (Å²) in [6.07, 6.45) is 5.49. The molecule has 0 aliphatic carbocycles. The molecule has 3 heteroatoms. The van der Waals surface area contributed by atoms with Crippen molar-refractivity contribution in [2.45, 2.75) is 39.5 Å². The van der Waals surface area contributed by atoms with Gasteiger partial charge in [-0.1, -0.05) is 37.6 Å². The van der Waals surface area contributed by atoms with Crippen LogP contribution in [0.3, 0.4) is 0 Å². The molecule has 3 nitrogen and oxygen atoms in total. The van der Waals surface area contributed by atoms with Gasteiger partial charge in [-0.3, -0.25) is 4.99 Å². The van der Waals surface area contributed by atoms with Gasteiger partial charge in [0, 0.05) is 6.21 Å². The van der Waals surface area contributed by atoms with E-state index in [0.29, 0.717) is 12.2 Å². The quantitative estimate of drug-likeness (QED) is 0.376. The Bertz CT molecular complexity index is 677. The Labute approximate surface area is 144 Å². The molecule has 0 atom stereocenters. The topological polar surface area (TPSA) is 38.7 Å². The third kappa shape index (κ3) is 5.65. The van der Waals surface area contributed by atoms with Crippen LogP contribution < -0.4 is 0 Å². The van der Waals surface area contributed by atoms with Crippen LogP contribution in [0, 0.1) is 6.92 Å². The Balaban J connectivity index is 1.75. The van der Waals surface area contributed by atoms with Gasteiger partial charge in [0.25, 0.3) is 0 Å². The summed E-state index contributed by atoms with van der Waals surface area (Å²) in [5, 5.41) is 0. The summed E-state index contributed by atoms with van der Waals surface area (Å²) in [6, 6.07) is 15.6. The summed E-state index contributed by atoms with van der Waals surface area (Å²) < 4.78 is 5.35. The lowest BCUT2D eigenvalue weighted by atomic mass is 10.0. The highest BCUT2D eigenvalue weighted by atomic mass is 16.5. The van der Waals surface area contributed by atoms with Gasteiger partial charge in [-0.2, -0.15) is 0 Å². The molecule has 0 aliphatic rings. The van der Waals surface area contributed by atoms with Crippen LogP contribution in [0.4, 0.5) is 5.69 Å². The number of nitrogens with zero attached hydrogens (tertiary/aromatic N) is 1. The Kier molecular flexibility index (Phi) is 7.21. The van der Waals surface area contributed by atoms with Crippen molar-refractivity contribution in [3.05, 3.63) is 65.2 Å². The van der Waals surface area contributed by atoms with Crippen LogP contribution in [0.5, 0.6) is 0 Å². The molecule has 0 aliphatic heterocycles.